The Morgan fingerprint density at radius 3 is 2.90 bits per heavy atom. The zero-order valence-electron chi connectivity index (χ0n) is 11.3. The third-order valence-corrected chi connectivity index (χ3v) is 4.90. The topological polar surface area (TPSA) is 31.9 Å². The number of aromatic nitrogens is 2. The molecule has 3 atom stereocenters. The second-order valence-corrected chi connectivity index (χ2v) is 6.50. The number of benzene rings is 1. The molecule has 1 saturated heterocycles. The van der Waals surface area contributed by atoms with Crippen LogP contribution in [0, 0.1) is 12.0 Å². The van der Waals surface area contributed by atoms with E-state index >= 15 is 0 Å². The van der Waals surface area contributed by atoms with Gasteiger partial charge in [-0.05, 0) is 31.5 Å². The van der Waals surface area contributed by atoms with E-state index in [0.717, 1.165) is 33.5 Å². The molecule has 20 heavy (non-hydrogen) atoms. The molecule has 1 aliphatic carbocycles. The van der Waals surface area contributed by atoms with Gasteiger partial charge >= 0.3 is 0 Å². The Bertz CT molecular complexity index is 610. The molecule has 1 radical (unpaired) electrons. The number of aromatic amines is 1. The van der Waals surface area contributed by atoms with Crippen LogP contribution >= 0.6 is 15.9 Å². The SMILES string of the molecule is CN1[C@@H]2C[C@@H]2C[C@H]1c1ncc(-c2[c-]cc(Br)cc2)[nH]1.[Y]. The third kappa shape index (κ3) is 2.56. The number of nitrogens with one attached hydrogen (secondary N) is 1. The smallest absolute Gasteiger partial charge is 0.114 e. The molecule has 1 aromatic heterocycles. The molecule has 0 spiro atoms. The van der Waals surface area contributed by atoms with E-state index in [0.29, 0.717) is 6.04 Å². The van der Waals surface area contributed by atoms with Crippen LogP contribution in [-0.4, -0.2) is 28.0 Å². The zero-order chi connectivity index (χ0) is 13.0. The normalized spacial score (nSPS) is 28.0. The zero-order valence-corrected chi connectivity index (χ0v) is 15.7. The summed E-state index contributed by atoms with van der Waals surface area (Å²) in [4.78, 5) is 10.5. The van der Waals surface area contributed by atoms with Crippen LogP contribution in [0.3, 0.4) is 0 Å². The molecular formula is C15H15BrN3Y-. The number of rotatable bonds is 2. The minimum Gasteiger partial charge on any atom is -0.380 e. The van der Waals surface area contributed by atoms with Crippen LogP contribution in [-0.2, 0) is 32.7 Å². The fraction of sp³-hybridized carbons (Fsp3) is 0.400. The number of nitrogens with zero attached hydrogens (tertiary/aromatic N) is 2. The minimum absolute atomic E-state index is 0. The molecule has 3 nitrogen and oxygen atoms in total. The summed E-state index contributed by atoms with van der Waals surface area (Å²) < 4.78 is 1.05. The van der Waals surface area contributed by atoms with E-state index in [1.165, 1.54) is 12.8 Å². The molecule has 2 aliphatic rings. The molecular weight excluding hydrogens is 391 g/mol. The number of H-pyrrole nitrogens is 1. The van der Waals surface area contributed by atoms with E-state index in [-0.39, 0.29) is 32.7 Å². The van der Waals surface area contributed by atoms with Crippen LogP contribution in [0.2, 0.25) is 0 Å². The minimum atomic E-state index is 0. The summed E-state index contributed by atoms with van der Waals surface area (Å²) in [7, 11) is 2.22. The van der Waals surface area contributed by atoms with Crippen molar-refractivity contribution in [2.24, 2.45) is 5.92 Å². The first-order valence-electron chi connectivity index (χ1n) is 6.67. The van der Waals surface area contributed by atoms with Crippen LogP contribution in [0.25, 0.3) is 11.3 Å². The standard InChI is InChI=1S/C15H15BrN3.Y/c1-19-13-6-10(13)7-14(19)15-17-8-12(18-15)9-2-4-11(16)5-3-9;/h2,4-5,8,10,13-14H,6-7H2,1H3,(H,17,18);/q-1;/t10-,13-,14+;/m1./s1. The number of hydrogen-bond donors (Lipinski definition) is 1. The Hall–Kier alpha value is -0.0261. The van der Waals surface area contributed by atoms with Crippen molar-refractivity contribution >= 4 is 15.9 Å². The van der Waals surface area contributed by atoms with Crippen LogP contribution < -0.4 is 0 Å². The van der Waals surface area contributed by atoms with Crippen molar-refractivity contribution < 1.29 is 32.7 Å². The van der Waals surface area contributed by atoms with Crippen LogP contribution in [0.1, 0.15) is 24.7 Å². The van der Waals surface area contributed by atoms with Gasteiger partial charge in [0.2, 0.25) is 0 Å². The van der Waals surface area contributed by atoms with Gasteiger partial charge in [-0.3, -0.25) is 9.88 Å². The average Bonchev–Trinajstić information content (AvgIpc) is 2.88. The van der Waals surface area contributed by atoms with Crippen molar-refractivity contribution in [1.82, 2.24) is 14.9 Å². The van der Waals surface area contributed by atoms with Crippen LogP contribution in [0.4, 0.5) is 0 Å². The van der Waals surface area contributed by atoms with Gasteiger partial charge < -0.3 is 4.98 Å². The summed E-state index contributed by atoms with van der Waals surface area (Å²) in [6, 6.07) is 10.5. The summed E-state index contributed by atoms with van der Waals surface area (Å²) in [5.41, 5.74) is 2.12. The Balaban J connectivity index is 0.00000121. The van der Waals surface area contributed by atoms with Gasteiger partial charge in [0.25, 0.3) is 0 Å². The average molecular weight is 406 g/mol. The van der Waals surface area contributed by atoms with Gasteiger partial charge in [0.1, 0.15) is 5.82 Å². The second-order valence-electron chi connectivity index (χ2n) is 5.58. The maximum absolute atomic E-state index is 4.57. The predicted molar refractivity (Wildman–Crippen MR) is 77.6 cm³/mol. The number of piperidine rings is 1. The van der Waals surface area contributed by atoms with Gasteiger partial charge in [-0.2, -0.15) is 0 Å². The first-order chi connectivity index (χ1) is 9.22. The van der Waals surface area contributed by atoms with E-state index in [2.05, 4.69) is 50.0 Å². The largest absolute Gasteiger partial charge is 0.380 e. The molecule has 4 rings (SSSR count). The van der Waals surface area contributed by atoms with Crippen molar-refractivity contribution in [2.45, 2.75) is 24.9 Å². The molecule has 1 N–H and O–H groups in total. The third-order valence-electron chi connectivity index (χ3n) is 4.40. The van der Waals surface area contributed by atoms with Crippen molar-refractivity contribution in [1.29, 1.82) is 0 Å². The number of likely N-dealkylation sites (tertiary alicyclic amines) is 1. The molecule has 1 aromatic carbocycles. The number of hydrogen-bond acceptors (Lipinski definition) is 2. The maximum Gasteiger partial charge on any atom is 0.114 e. The number of fused-ring (bicyclic) bond motifs is 1. The molecule has 0 unspecified atom stereocenters. The van der Waals surface area contributed by atoms with E-state index < -0.39 is 0 Å². The predicted octanol–water partition coefficient (Wildman–Crippen LogP) is 3.40. The van der Waals surface area contributed by atoms with E-state index in [4.69, 9.17) is 0 Å². The molecule has 101 valence electrons. The summed E-state index contributed by atoms with van der Waals surface area (Å²) >= 11 is 3.43. The Morgan fingerprint density at radius 1 is 1.40 bits per heavy atom. The molecule has 1 aliphatic heterocycles. The maximum atomic E-state index is 4.57. The quantitative estimate of drug-likeness (QED) is 0.776. The summed E-state index contributed by atoms with van der Waals surface area (Å²) in [6.45, 7) is 0. The summed E-state index contributed by atoms with van der Waals surface area (Å²) in [6.07, 6.45) is 4.55. The Morgan fingerprint density at radius 2 is 2.25 bits per heavy atom. The van der Waals surface area contributed by atoms with Crippen molar-refractivity contribution in [3.8, 4) is 11.3 Å². The van der Waals surface area contributed by atoms with Gasteiger partial charge in [-0.25, -0.2) is 0 Å². The molecule has 2 heterocycles. The molecule has 2 fully saturated rings. The van der Waals surface area contributed by atoms with Gasteiger partial charge in [0.15, 0.2) is 0 Å². The van der Waals surface area contributed by atoms with Gasteiger partial charge in [-0.15, -0.1) is 45.8 Å². The Labute approximate surface area is 152 Å². The Kier molecular flexibility index (Phi) is 4.20. The second kappa shape index (κ2) is 5.64. The number of halogens is 1. The fourth-order valence-electron chi connectivity index (χ4n) is 3.19. The fourth-order valence-corrected chi connectivity index (χ4v) is 3.44. The van der Waals surface area contributed by atoms with E-state index in [1.54, 1.807) is 0 Å². The van der Waals surface area contributed by atoms with Crippen LogP contribution in [0.5, 0.6) is 0 Å². The van der Waals surface area contributed by atoms with Crippen LogP contribution in [0.15, 0.2) is 28.9 Å². The van der Waals surface area contributed by atoms with Crippen molar-refractivity contribution in [3.05, 3.63) is 40.8 Å². The van der Waals surface area contributed by atoms with E-state index in [1.807, 2.05) is 18.3 Å². The van der Waals surface area contributed by atoms with Crippen molar-refractivity contribution in [3.63, 3.8) is 0 Å². The monoisotopic (exact) mass is 405 g/mol. The molecule has 5 heteroatoms. The first-order valence-corrected chi connectivity index (χ1v) is 7.46. The molecule has 2 aromatic rings. The molecule has 0 bridgehead atoms. The summed E-state index contributed by atoms with van der Waals surface area (Å²) in [5, 5.41) is 0. The summed E-state index contributed by atoms with van der Waals surface area (Å²) in [5.74, 6) is 2.00. The van der Waals surface area contributed by atoms with Gasteiger partial charge in [-0.1, -0.05) is 4.47 Å². The molecule has 1 saturated carbocycles. The number of imidazole rings is 1. The molecule has 0 amide bonds. The van der Waals surface area contributed by atoms with Gasteiger partial charge in [0, 0.05) is 44.9 Å². The van der Waals surface area contributed by atoms with Crippen molar-refractivity contribution in [2.75, 3.05) is 7.05 Å². The van der Waals surface area contributed by atoms with E-state index in [9.17, 15) is 0 Å². The first kappa shape index (κ1) is 14.9. The van der Waals surface area contributed by atoms with Gasteiger partial charge in [0.05, 0.1) is 6.04 Å².